The van der Waals surface area contributed by atoms with Gasteiger partial charge in [0.2, 0.25) is 5.88 Å². The number of aromatic nitrogens is 2. The first kappa shape index (κ1) is 18.6. The van der Waals surface area contributed by atoms with Crippen molar-refractivity contribution in [2.45, 2.75) is 39.2 Å². The molecule has 2 aliphatic rings. The van der Waals surface area contributed by atoms with Crippen LogP contribution >= 0.6 is 0 Å². The summed E-state index contributed by atoms with van der Waals surface area (Å²) in [7, 11) is 0. The van der Waals surface area contributed by atoms with Crippen LogP contribution in [0.4, 0.5) is 0 Å². The molecule has 0 saturated heterocycles. The number of hydrogen-bond acceptors (Lipinski definition) is 5. The lowest BCUT2D eigenvalue weighted by molar-refractivity contribution is -0.118. The molecule has 0 radical (unpaired) electrons. The molecule has 1 N–H and O–H groups in total. The number of nitrogens with zero attached hydrogens (tertiary/aromatic N) is 2. The molecule has 0 unspecified atom stereocenters. The van der Waals surface area contributed by atoms with Crippen LogP contribution < -0.4 is 10.2 Å². The number of hydrogen-bond donors (Lipinski definition) is 1. The fraction of sp³-hybridized carbons (Fsp3) is 0.292. The number of rotatable bonds is 3. The number of furan rings is 1. The van der Waals surface area contributed by atoms with Gasteiger partial charge in [-0.1, -0.05) is 44.2 Å². The Morgan fingerprint density at radius 2 is 1.97 bits per heavy atom. The largest absolute Gasteiger partial charge is 0.467 e. The first-order chi connectivity index (χ1) is 14.4. The first-order valence-electron chi connectivity index (χ1n) is 10.1. The van der Waals surface area contributed by atoms with Crippen LogP contribution in [0.1, 0.15) is 49.5 Å². The molecule has 152 valence electrons. The number of allylic oxidation sites excluding steroid dienone is 2. The van der Waals surface area contributed by atoms with Gasteiger partial charge in [0.1, 0.15) is 23.3 Å². The van der Waals surface area contributed by atoms with E-state index in [1.54, 1.807) is 17.2 Å². The van der Waals surface area contributed by atoms with E-state index in [1.807, 2.05) is 42.5 Å². The molecule has 1 atom stereocenters. The third kappa shape index (κ3) is 3.09. The Labute approximate surface area is 174 Å². The Morgan fingerprint density at radius 1 is 1.17 bits per heavy atom. The molecule has 1 aliphatic carbocycles. The maximum atomic E-state index is 13.2. The summed E-state index contributed by atoms with van der Waals surface area (Å²) in [6, 6.07) is 13.6. The van der Waals surface area contributed by atoms with E-state index >= 15 is 0 Å². The van der Waals surface area contributed by atoms with Crippen LogP contribution in [0.2, 0.25) is 0 Å². The van der Waals surface area contributed by atoms with Crippen LogP contribution in [0, 0.1) is 10.8 Å². The SMILES string of the molecule is CC1(C)CC(=O)C2=C(C1)Oc1ncn(Cc3ccco3)c(=N)c1[C@@H]2c1ccccc1. The average molecular weight is 401 g/mol. The smallest absolute Gasteiger partial charge is 0.228 e. The summed E-state index contributed by atoms with van der Waals surface area (Å²) in [5, 5.41) is 8.92. The summed E-state index contributed by atoms with van der Waals surface area (Å²) in [4.78, 5) is 17.8. The van der Waals surface area contributed by atoms with E-state index in [1.165, 1.54) is 0 Å². The van der Waals surface area contributed by atoms with Gasteiger partial charge < -0.3 is 13.7 Å². The summed E-state index contributed by atoms with van der Waals surface area (Å²) in [6.45, 7) is 4.55. The van der Waals surface area contributed by atoms with E-state index in [9.17, 15) is 4.79 Å². The normalized spacial score (nSPS) is 19.8. The highest BCUT2D eigenvalue weighted by atomic mass is 16.5. The van der Waals surface area contributed by atoms with Gasteiger partial charge in [0.25, 0.3) is 0 Å². The number of ether oxygens (including phenoxy) is 1. The van der Waals surface area contributed by atoms with E-state index < -0.39 is 0 Å². The summed E-state index contributed by atoms with van der Waals surface area (Å²) < 4.78 is 13.3. The molecule has 3 heterocycles. The van der Waals surface area contributed by atoms with Crippen molar-refractivity contribution in [2.75, 3.05) is 0 Å². The van der Waals surface area contributed by atoms with E-state index in [0.717, 1.165) is 11.3 Å². The van der Waals surface area contributed by atoms with Crippen molar-refractivity contribution >= 4 is 5.78 Å². The monoisotopic (exact) mass is 401 g/mol. The standard InChI is InChI=1S/C24H23N3O3/c1-24(2)11-17(28)20-18(12-24)30-23-21(19(20)15-7-4-3-5-8-15)22(25)27(14-26-23)13-16-9-6-10-29-16/h3-10,14,19,25H,11-13H2,1-2H3/t19-/m1/s1. The van der Waals surface area contributed by atoms with Gasteiger partial charge in [-0.3, -0.25) is 10.2 Å². The summed E-state index contributed by atoms with van der Waals surface area (Å²) in [5.41, 5.74) is 2.37. The van der Waals surface area contributed by atoms with Crippen LogP contribution in [0.15, 0.2) is 70.8 Å². The molecule has 0 saturated carbocycles. The Bertz CT molecular complexity index is 1200. The lowest BCUT2D eigenvalue weighted by atomic mass is 9.70. The molecule has 0 amide bonds. The topological polar surface area (TPSA) is 81.1 Å². The van der Waals surface area contributed by atoms with Gasteiger partial charge in [-0.2, -0.15) is 0 Å². The van der Waals surface area contributed by atoms with Gasteiger partial charge in [0.15, 0.2) is 5.78 Å². The molecule has 30 heavy (non-hydrogen) atoms. The molecule has 0 fully saturated rings. The van der Waals surface area contributed by atoms with Crippen molar-refractivity contribution in [3.8, 4) is 5.88 Å². The average Bonchev–Trinajstić information content (AvgIpc) is 3.21. The molecule has 5 rings (SSSR count). The van der Waals surface area contributed by atoms with Gasteiger partial charge in [-0.05, 0) is 23.1 Å². The van der Waals surface area contributed by atoms with Gasteiger partial charge >= 0.3 is 0 Å². The predicted molar refractivity (Wildman–Crippen MR) is 110 cm³/mol. The zero-order chi connectivity index (χ0) is 20.9. The van der Waals surface area contributed by atoms with Gasteiger partial charge in [-0.25, -0.2) is 4.98 Å². The predicted octanol–water partition coefficient (Wildman–Crippen LogP) is 4.17. The number of fused-ring (bicyclic) bond motifs is 1. The minimum Gasteiger partial charge on any atom is -0.467 e. The van der Waals surface area contributed by atoms with Crippen LogP contribution in [-0.4, -0.2) is 15.3 Å². The fourth-order valence-electron chi connectivity index (χ4n) is 4.47. The Hall–Kier alpha value is -3.41. The number of nitrogens with one attached hydrogen (secondary N) is 1. The molecular formula is C24H23N3O3. The minimum atomic E-state index is -0.363. The Kier molecular flexibility index (Phi) is 4.24. The highest BCUT2D eigenvalue weighted by Gasteiger charge is 2.43. The van der Waals surface area contributed by atoms with Crippen molar-refractivity contribution in [3.05, 3.63) is 88.8 Å². The number of carbonyl (C=O) groups excluding carboxylic acids is 1. The lowest BCUT2D eigenvalue weighted by Gasteiger charge is -2.37. The minimum absolute atomic E-state index is 0.0848. The van der Waals surface area contributed by atoms with Gasteiger partial charge in [0, 0.05) is 24.3 Å². The second-order valence-corrected chi connectivity index (χ2v) is 8.74. The number of benzene rings is 1. The van der Waals surface area contributed by atoms with E-state index in [0.29, 0.717) is 42.2 Å². The molecule has 2 aromatic heterocycles. The summed E-state index contributed by atoms with van der Waals surface area (Å²) in [6.07, 6.45) is 4.36. The molecule has 6 nitrogen and oxygen atoms in total. The zero-order valence-electron chi connectivity index (χ0n) is 17.0. The van der Waals surface area contributed by atoms with E-state index in [-0.39, 0.29) is 22.6 Å². The van der Waals surface area contributed by atoms with Gasteiger partial charge in [-0.15, -0.1) is 0 Å². The van der Waals surface area contributed by atoms with Crippen molar-refractivity contribution in [1.82, 2.24) is 9.55 Å². The van der Waals surface area contributed by atoms with Crippen molar-refractivity contribution in [1.29, 1.82) is 5.41 Å². The maximum Gasteiger partial charge on any atom is 0.228 e. The second kappa shape index (κ2) is 6.83. The molecule has 3 aromatic rings. The Balaban J connectivity index is 1.70. The van der Waals surface area contributed by atoms with E-state index in [2.05, 4.69) is 18.8 Å². The molecular weight excluding hydrogens is 378 g/mol. The number of carbonyl (C=O) groups is 1. The van der Waals surface area contributed by atoms with Crippen LogP contribution in [0.5, 0.6) is 5.88 Å². The fourth-order valence-corrected chi connectivity index (χ4v) is 4.47. The second-order valence-electron chi connectivity index (χ2n) is 8.74. The highest BCUT2D eigenvalue weighted by molar-refractivity contribution is 6.00. The van der Waals surface area contributed by atoms with Crippen LogP contribution in [0.25, 0.3) is 0 Å². The molecule has 1 aliphatic heterocycles. The van der Waals surface area contributed by atoms with Crippen molar-refractivity contribution < 1.29 is 13.9 Å². The van der Waals surface area contributed by atoms with E-state index in [4.69, 9.17) is 14.6 Å². The van der Waals surface area contributed by atoms with Crippen LogP contribution in [0.3, 0.4) is 0 Å². The highest BCUT2D eigenvalue weighted by Crippen LogP contribution is 2.48. The Morgan fingerprint density at radius 3 is 2.70 bits per heavy atom. The lowest BCUT2D eigenvalue weighted by Crippen LogP contribution is -2.37. The third-order valence-electron chi connectivity index (χ3n) is 5.80. The van der Waals surface area contributed by atoms with Crippen molar-refractivity contribution in [3.63, 3.8) is 0 Å². The molecule has 0 spiro atoms. The van der Waals surface area contributed by atoms with Crippen molar-refractivity contribution in [2.24, 2.45) is 5.41 Å². The first-order valence-corrected chi connectivity index (χ1v) is 10.1. The summed E-state index contributed by atoms with van der Waals surface area (Å²) >= 11 is 0. The molecule has 6 heteroatoms. The third-order valence-corrected chi connectivity index (χ3v) is 5.80. The number of Topliss-reactive ketones (excluding diaryl/α,β-unsaturated/α-hetero) is 1. The quantitative estimate of drug-likeness (QED) is 0.714. The van der Waals surface area contributed by atoms with Gasteiger partial charge in [0.05, 0.1) is 18.4 Å². The number of ketones is 1. The molecule has 0 bridgehead atoms. The van der Waals surface area contributed by atoms with Crippen LogP contribution in [-0.2, 0) is 11.3 Å². The summed E-state index contributed by atoms with van der Waals surface area (Å²) in [5.74, 6) is 1.56. The maximum absolute atomic E-state index is 13.2. The zero-order valence-corrected chi connectivity index (χ0v) is 17.0. The molecule has 1 aromatic carbocycles.